The minimum absolute atomic E-state index is 0.0149. The maximum absolute atomic E-state index is 15.4. The summed E-state index contributed by atoms with van der Waals surface area (Å²) >= 11 is 0. The average molecular weight is 416 g/mol. The van der Waals surface area contributed by atoms with Crippen molar-refractivity contribution in [1.82, 2.24) is 0 Å². The van der Waals surface area contributed by atoms with Crippen LogP contribution >= 0.6 is 0 Å². The number of aryl methyl sites for hydroxylation is 1. The van der Waals surface area contributed by atoms with E-state index < -0.39 is 5.54 Å². The molecule has 0 aliphatic carbocycles. The molecule has 0 amide bonds. The monoisotopic (exact) mass is 416 g/mol. The van der Waals surface area contributed by atoms with Crippen molar-refractivity contribution in [2.24, 2.45) is 0 Å². The van der Waals surface area contributed by atoms with Gasteiger partial charge >= 0.3 is 0 Å². The molecule has 3 N–H and O–H groups in total. The van der Waals surface area contributed by atoms with E-state index in [-0.39, 0.29) is 17.3 Å². The molecule has 3 aromatic carbocycles. The highest BCUT2D eigenvalue weighted by molar-refractivity contribution is 6.00. The van der Waals surface area contributed by atoms with Crippen LogP contribution in [-0.4, -0.2) is 16.8 Å². The first-order chi connectivity index (χ1) is 15.0. The zero-order chi connectivity index (χ0) is 21.8. The predicted octanol–water partition coefficient (Wildman–Crippen LogP) is 5.88. The molecule has 0 saturated heterocycles. The Morgan fingerprint density at radius 2 is 1.81 bits per heavy atom. The average Bonchev–Trinajstić information content (AvgIpc) is 3.10. The zero-order valence-corrected chi connectivity index (χ0v) is 17.6. The van der Waals surface area contributed by atoms with E-state index in [2.05, 4.69) is 12.2 Å². The number of hydrogen-bond acceptors (Lipinski definition) is 4. The number of nitrogens with zero attached hydrogens (tertiary/aromatic N) is 1. The Balaban J connectivity index is 1.90. The van der Waals surface area contributed by atoms with Crippen molar-refractivity contribution in [3.8, 4) is 11.5 Å². The molecule has 0 bridgehead atoms. The highest BCUT2D eigenvalue weighted by Crippen LogP contribution is 2.60. The molecule has 0 radical (unpaired) electrons. The third-order valence-electron chi connectivity index (χ3n) is 6.30. The molecule has 2 aliphatic heterocycles. The van der Waals surface area contributed by atoms with Gasteiger partial charge in [0.2, 0.25) is 0 Å². The van der Waals surface area contributed by atoms with Gasteiger partial charge in [-0.1, -0.05) is 49.2 Å². The Morgan fingerprint density at radius 1 is 1.03 bits per heavy atom. The molecule has 4 nitrogen and oxygen atoms in total. The highest BCUT2D eigenvalue weighted by atomic mass is 19.1. The fourth-order valence-corrected chi connectivity index (χ4v) is 4.89. The predicted molar refractivity (Wildman–Crippen MR) is 122 cm³/mol. The third-order valence-corrected chi connectivity index (χ3v) is 6.30. The Kier molecular flexibility index (Phi) is 4.43. The SMILES string of the molecule is CCCCN1C=C2c3ccccc3NC2(c2cc(C)ccc2F)c2c(O)ccc(O)c21. The molecule has 31 heavy (non-hydrogen) atoms. The summed E-state index contributed by atoms with van der Waals surface area (Å²) in [5, 5.41) is 25.5. The van der Waals surface area contributed by atoms with E-state index in [1.54, 1.807) is 6.07 Å². The first-order valence-corrected chi connectivity index (χ1v) is 10.7. The molecule has 0 aromatic heterocycles. The minimum atomic E-state index is -1.15. The molecular weight excluding hydrogens is 391 g/mol. The number of para-hydroxylation sites is 1. The summed E-state index contributed by atoms with van der Waals surface area (Å²) in [6.07, 6.45) is 3.90. The van der Waals surface area contributed by atoms with Gasteiger partial charge in [0.25, 0.3) is 0 Å². The number of phenolic OH excluding ortho intramolecular Hbond substituents is 2. The summed E-state index contributed by atoms with van der Waals surface area (Å²) in [6.45, 7) is 4.71. The quantitative estimate of drug-likeness (QED) is 0.465. The third kappa shape index (κ3) is 2.73. The van der Waals surface area contributed by atoms with Gasteiger partial charge < -0.3 is 20.4 Å². The lowest BCUT2D eigenvalue weighted by Gasteiger charge is -2.42. The van der Waals surface area contributed by atoms with Crippen LogP contribution in [0.15, 0.2) is 60.8 Å². The summed E-state index contributed by atoms with van der Waals surface area (Å²) in [7, 11) is 0. The number of halogens is 1. The maximum atomic E-state index is 15.4. The number of unbranched alkanes of at least 4 members (excludes halogenated alkanes) is 1. The summed E-state index contributed by atoms with van der Waals surface area (Å²) in [5.74, 6) is -0.294. The summed E-state index contributed by atoms with van der Waals surface area (Å²) in [5.41, 5.74) is 3.85. The van der Waals surface area contributed by atoms with Crippen molar-refractivity contribution < 1.29 is 14.6 Å². The van der Waals surface area contributed by atoms with Gasteiger partial charge in [0, 0.05) is 35.1 Å². The van der Waals surface area contributed by atoms with E-state index in [1.807, 2.05) is 48.4 Å². The smallest absolute Gasteiger partial charge is 0.139 e. The van der Waals surface area contributed by atoms with Crippen LogP contribution in [0.2, 0.25) is 0 Å². The molecule has 5 heteroatoms. The zero-order valence-electron chi connectivity index (χ0n) is 17.6. The lowest BCUT2D eigenvalue weighted by Crippen LogP contribution is -2.40. The number of benzene rings is 3. The fraction of sp³-hybridized carbons (Fsp3) is 0.231. The second-order valence-electron chi connectivity index (χ2n) is 8.32. The van der Waals surface area contributed by atoms with Gasteiger partial charge in [0.1, 0.15) is 22.9 Å². The molecule has 0 spiro atoms. The molecule has 1 unspecified atom stereocenters. The van der Waals surface area contributed by atoms with Crippen LogP contribution in [0, 0.1) is 12.7 Å². The van der Waals surface area contributed by atoms with Gasteiger partial charge in [-0.3, -0.25) is 0 Å². The van der Waals surface area contributed by atoms with E-state index in [1.165, 1.54) is 18.2 Å². The van der Waals surface area contributed by atoms with Crippen LogP contribution in [0.4, 0.5) is 15.8 Å². The van der Waals surface area contributed by atoms with Gasteiger partial charge in [0.15, 0.2) is 0 Å². The van der Waals surface area contributed by atoms with Crippen LogP contribution in [0.25, 0.3) is 5.57 Å². The van der Waals surface area contributed by atoms with Crippen LogP contribution in [-0.2, 0) is 5.54 Å². The summed E-state index contributed by atoms with van der Waals surface area (Å²) in [6, 6.07) is 15.8. The van der Waals surface area contributed by atoms with Crippen molar-refractivity contribution >= 4 is 16.9 Å². The number of rotatable bonds is 4. The Labute approximate surface area is 181 Å². The second-order valence-corrected chi connectivity index (χ2v) is 8.32. The normalized spacial score (nSPS) is 18.7. The van der Waals surface area contributed by atoms with Crippen LogP contribution in [0.5, 0.6) is 11.5 Å². The Morgan fingerprint density at radius 3 is 2.61 bits per heavy atom. The van der Waals surface area contributed by atoms with Crippen molar-refractivity contribution in [3.05, 3.63) is 88.9 Å². The molecule has 2 heterocycles. The lowest BCUT2D eigenvalue weighted by atomic mass is 9.73. The lowest BCUT2D eigenvalue weighted by molar-refractivity contribution is 0.445. The molecule has 5 rings (SSSR count). The second kappa shape index (κ2) is 7.05. The topological polar surface area (TPSA) is 55.7 Å². The van der Waals surface area contributed by atoms with Gasteiger partial charge in [-0.2, -0.15) is 0 Å². The van der Waals surface area contributed by atoms with E-state index in [0.29, 0.717) is 23.4 Å². The van der Waals surface area contributed by atoms with Gasteiger partial charge in [0.05, 0.1) is 11.3 Å². The van der Waals surface area contributed by atoms with Crippen LogP contribution < -0.4 is 10.2 Å². The molecule has 0 fully saturated rings. The van der Waals surface area contributed by atoms with E-state index in [9.17, 15) is 10.2 Å². The largest absolute Gasteiger partial charge is 0.507 e. The first kappa shape index (κ1) is 19.5. The Bertz CT molecular complexity index is 1220. The molecule has 2 aliphatic rings. The molecular formula is C26H25FN2O2. The first-order valence-electron chi connectivity index (χ1n) is 10.7. The standard InChI is InChI=1S/C26H25FN2O2/c1-3-4-13-29-15-19-17-7-5-6-8-21(17)28-26(19,18-14-16(2)9-10-20(18)27)24-22(30)11-12-23(31)25(24)29/h5-12,14-15,28,30-31H,3-4,13H2,1-2H3. The number of fused-ring (bicyclic) bond motifs is 5. The summed E-state index contributed by atoms with van der Waals surface area (Å²) in [4.78, 5) is 1.99. The fourth-order valence-electron chi connectivity index (χ4n) is 4.89. The van der Waals surface area contributed by atoms with Crippen molar-refractivity contribution in [1.29, 1.82) is 0 Å². The van der Waals surface area contributed by atoms with Gasteiger partial charge in [-0.05, 0) is 37.6 Å². The van der Waals surface area contributed by atoms with E-state index in [4.69, 9.17) is 0 Å². The van der Waals surface area contributed by atoms with Gasteiger partial charge in [-0.25, -0.2) is 4.39 Å². The van der Waals surface area contributed by atoms with E-state index >= 15 is 4.39 Å². The van der Waals surface area contributed by atoms with E-state index in [0.717, 1.165) is 35.2 Å². The molecule has 158 valence electrons. The highest BCUT2D eigenvalue weighted by Gasteiger charge is 2.52. The number of nitrogens with one attached hydrogen (secondary N) is 1. The number of aromatic hydroxyl groups is 2. The number of phenols is 2. The molecule has 0 saturated carbocycles. The number of anilines is 2. The maximum Gasteiger partial charge on any atom is 0.139 e. The van der Waals surface area contributed by atoms with Crippen LogP contribution in [0.3, 0.4) is 0 Å². The minimum Gasteiger partial charge on any atom is -0.507 e. The van der Waals surface area contributed by atoms with Crippen molar-refractivity contribution in [2.75, 3.05) is 16.8 Å². The Hall–Kier alpha value is -3.47. The van der Waals surface area contributed by atoms with Crippen LogP contribution in [0.1, 0.15) is 42.0 Å². The molecule has 1 atom stereocenters. The van der Waals surface area contributed by atoms with Gasteiger partial charge in [-0.15, -0.1) is 0 Å². The summed E-state index contributed by atoms with van der Waals surface area (Å²) < 4.78 is 15.4. The van der Waals surface area contributed by atoms with Crippen molar-refractivity contribution in [2.45, 2.75) is 32.2 Å². The van der Waals surface area contributed by atoms with Crippen molar-refractivity contribution in [3.63, 3.8) is 0 Å². The number of hydrogen-bond donors (Lipinski definition) is 3. The molecule has 3 aromatic rings.